The molecule has 108 valence electrons. The highest BCUT2D eigenvalue weighted by Gasteiger charge is 2.14. The van der Waals surface area contributed by atoms with Crippen molar-refractivity contribution in [3.8, 4) is 11.4 Å². The van der Waals surface area contributed by atoms with Crippen molar-refractivity contribution in [3.63, 3.8) is 0 Å². The summed E-state index contributed by atoms with van der Waals surface area (Å²) in [5.41, 5.74) is 0.955. The summed E-state index contributed by atoms with van der Waals surface area (Å²) in [6.07, 6.45) is 0. The van der Waals surface area contributed by atoms with Gasteiger partial charge in [0, 0.05) is 17.5 Å². The second-order valence-electron chi connectivity index (χ2n) is 4.28. The van der Waals surface area contributed by atoms with E-state index in [1.165, 1.54) is 0 Å². The highest BCUT2D eigenvalue weighted by atomic mass is 32.1. The van der Waals surface area contributed by atoms with Crippen LogP contribution in [0.5, 0.6) is 0 Å². The van der Waals surface area contributed by atoms with E-state index < -0.39 is 0 Å². The van der Waals surface area contributed by atoms with Crippen LogP contribution in [0.3, 0.4) is 0 Å². The topological polar surface area (TPSA) is 71.3 Å². The molecule has 0 spiro atoms. The van der Waals surface area contributed by atoms with Crippen LogP contribution in [0.15, 0.2) is 21.3 Å². The summed E-state index contributed by atoms with van der Waals surface area (Å²) in [5.74, 6) is 1.12. The lowest BCUT2D eigenvalue weighted by Gasteiger charge is -2.17. The normalized spacial score (nSPS) is 10.9. The molecular weight excluding hydrogens is 276 g/mol. The first-order chi connectivity index (χ1) is 9.72. The maximum Gasteiger partial charge on any atom is 0.241 e. The molecule has 0 radical (unpaired) electrons. The predicted molar refractivity (Wildman–Crippen MR) is 77.2 cm³/mol. The Balaban J connectivity index is 1.96. The number of nitrogens with one attached hydrogen (secondary N) is 1. The Labute approximate surface area is 121 Å². The van der Waals surface area contributed by atoms with Crippen LogP contribution < -0.4 is 5.32 Å². The maximum absolute atomic E-state index is 11.6. The fraction of sp³-hybridized carbons (Fsp3) is 0.462. The van der Waals surface area contributed by atoms with Crippen molar-refractivity contribution in [1.29, 1.82) is 0 Å². The van der Waals surface area contributed by atoms with Crippen LogP contribution in [-0.4, -0.2) is 40.6 Å². The van der Waals surface area contributed by atoms with Gasteiger partial charge in [-0.25, -0.2) is 0 Å². The molecule has 7 heteroatoms. The SMILES string of the molecule is CCNC(=O)CN(CC)Cc1nc(-c2ccsc2)no1. The summed E-state index contributed by atoms with van der Waals surface area (Å²) < 4.78 is 5.23. The summed E-state index contributed by atoms with van der Waals surface area (Å²) in [6, 6.07) is 1.95. The van der Waals surface area contributed by atoms with Crippen LogP contribution >= 0.6 is 11.3 Å². The summed E-state index contributed by atoms with van der Waals surface area (Å²) in [5, 5.41) is 10.7. The molecule has 2 heterocycles. The van der Waals surface area contributed by atoms with Gasteiger partial charge in [-0.1, -0.05) is 12.1 Å². The molecule has 2 aromatic rings. The van der Waals surface area contributed by atoms with E-state index in [2.05, 4.69) is 15.5 Å². The largest absolute Gasteiger partial charge is 0.355 e. The third-order valence-corrected chi connectivity index (χ3v) is 3.48. The molecule has 2 aromatic heterocycles. The average molecular weight is 294 g/mol. The van der Waals surface area contributed by atoms with Gasteiger partial charge in [-0.2, -0.15) is 16.3 Å². The van der Waals surface area contributed by atoms with Crippen molar-refractivity contribution in [3.05, 3.63) is 22.7 Å². The Bertz CT molecular complexity index is 538. The lowest BCUT2D eigenvalue weighted by atomic mass is 10.3. The highest BCUT2D eigenvalue weighted by molar-refractivity contribution is 7.08. The zero-order valence-electron chi connectivity index (χ0n) is 11.6. The third-order valence-electron chi connectivity index (χ3n) is 2.79. The van der Waals surface area contributed by atoms with E-state index in [0.29, 0.717) is 31.3 Å². The minimum Gasteiger partial charge on any atom is -0.355 e. The number of thiophene rings is 1. The van der Waals surface area contributed by atoms with Gasteiger partial charge in [0.2, 0.25) is 17.6 Å². The molecule has 0 atom stereocenters. The minimum atomic E-state index is 0.00641. The van der Waals surface area contributed by atoms with Crippen molar-refractivity contribution >= 4 is 17.2 Å². The molecule has 0 fully saturated rings. The number of nitrogens with zero attached hydrogens (tertiary/aromatic N) is 3. The maximum atomic E-state index is 11.6. The van der Waals surface area contributed by atoms with Crippen LogP contribution in [-0.2, 0) is 11.3 Å². The summed E-state index contributed by atoms with van der Waals surface area (Å²) in [7, 11) is 0. The Hall–Kier alpha value is -1.73. The first-order valence-electron chi connectivity index (χ1n) is 6.57. The quantitative estimate of drug-likeness (QED) is 0.842. The molecule has 0 saturated heterocycles. The molecular formula is C13H18N4O2S. The third kappa shape index (κ3) is 3.88. The van der Waals surface area contributed by atoms with Crippen LogP contribution in [0, 0.1) is 0 Å². The Kier molecular flexibility index (Phi) is 5.25. The van der Waals surface area contributed by atoms with E-state index >= 15 is 0 Å². The molecule has 20 heavy (non-hydrogen) atoms. The number of hydrogen-bond donors (Lipinski definition) is 1. The lowest BCUT2D eigenvalue weighted by Crippen LogP contribution is -2.36. The second kappa shape index (κ2) is 7.16. The predicted octanol–water partition coefficient (Wildman–Crippen LogP) is 1.76. The number of carbonyl (C=O) groups excluding carboxylic acids is 1. The first-order valence-corrected chi connectivity index (χ1v) is 7.51. The molecule has 0 aliphatic rings. The fourth-order valence-corrected chi connectivity index (χ4v) is 2.39. The molecule has 0 aliphatic heterocycles. The number of carbonyl (C=O) groups is 1. The van der Waals surface area contributed by atoms with Gasteiger partial charge in [0.25, 0.3) is 0 Å². The van der Waals surface area contributed by atoms with Gasteiger partial charge in [0.1, 0.15) is 0 Å². The lowest BCUT2D eigenvalue weighted by molar-refractivity contribution is -0.122. The van der Waals surface area contributed by atoms with Crippen molar-refractivity contribution in [2.24, 2.45) is 0 Å². The van der Waals surface area contributed by atoms with Crippen molar-refractivity contribution in [2.75, 3.05) is 19.6 Å². The average Bonchev–Trinajstić information content (AvgIpc) is 3.08. The Morgan fingerprint density at radius 3 is 3.00 bits per heavy atom. The summed E-state index contributed by atoms with van der Waals surface area (Å²) in [6.45, 7) is 6.09. The standard InChI is InChI=1S/C13H18N4O2S/c1-3-14-11(18)7-17(4-2)8-12-15-13(16-19-12)10-5-6-20-9-10/h5-6,9H,3-4,7-8H2,1-2H3,(H,14,18). The van der Waals surface area contributed by atoms with Gasteiger partial charge in [-0.3, -0.25) is 9.69 Å². The van der Waals surface area contributed by atoms with Crippen molar-refractivity contribution in [2.45, 2.75) is 20.4 Å². The van der Waals surface area contributed by atoms with E-state index in [1.807, 2.05) is 35.6 Å². The van der Waals surface area contributed by atoms with Gasteiger partial charge in [0.05, 0.1) is 13.1 Å². The minimum absolute atomic E-state index is 0.00641. The van der Waals surface area contributed by atoms with Crippen molar-refractivity contribution < 1.29 is 9.32 Å². The van der Waals surface area contributed by atoms with Gasteiger partial charge in [0.15, 0.2) is 0 Å². The summed E-state index contributed by atoms with van der Waals surface area (Å²) in [4.78, 5) is 17.9. The molecule has 6 nitrogen and oxygen atoms in total. The van der Waals surface area contributed by atoms with Crippen LogP contribution in [0.2, 0.25) is 0 Å². The molecule has 0 bridgehead atoms. The smallest absolute Gasteiger partial charge is 0.241 e. The van der Waals surface area contributed by atoms with E-state index in [4.69, 9.17) is 4.52 Å². The van der Waals surface area contributed by atoms with Gasteiger partial charge in [-0.15, -0.1) is 0 Å². The second-order valence-corrected chi connectivity index (χ2v) is 5.06. The van der Waals surface area contributed by atoms with E-state index in [1.54, 1.807) is 11.3 Å². The number of hydrogen-bond acceptors (Lipinski definition) is 6. The number of aromatic nitrogens is 2. The number of amides is 1. The van der Waals surface area contributed by atoms with Gasteiger partial charge >= 0.3 is 0 Å². The zero-order chi connectivity index (χ0) is 14.4. The van der Waals surface area contributed by atoms with E-state index in [-0.39, 0.29) is 5.91 Å². The van der Waals surface area contributed by atoms with E-state index in [0.717, 1.165) is 12.1 Å². The van der Waals surface area contributed by atoms with Crippen LogP contribution in [0.1, 0.15) is 19.7 Å². The number of rotatable bonds is 7. The molecule has 0 unspecified atom stereocenters. The monoisotopic (exact) mass is 294 g/mol. The molecule has 2 rings (SSSR count). The molecule has 0 aliphatic carbocycles. The van der Waals surface area contributed by atoms with Gasteiger partial charge in [-0.05, 0) is 24.9 Å². The van der Waals surface area contributed by atoms with Crippen LogP contribution in [0.25, 0.3) is 11.4 Å². The highest BCUT2D eigenvalue weighted by Crippen LogP contribution is 2.18. The van der Waals surface area contributed by atoms with E-state index in [9.17, 15) is 4.79 Å². The van der Waals surface area contributed by atoms with Crippen molar-refractivity contribution in [1.82, 2.24) is 20.4 Å². The fourth-order valence-electron chi connectivity index (χ4n) is 1.75. The molecule has 0 saturated carbocycles. The summed E-state index contributed by atoms with van der Waals surface area (Å²) >= 11 is 1.59. The van der Waals surface area contributed by atoms with Crippen LogP contribution in [0.4, 0.5) is 0 Å². The zero-order valence-corrected chi connectivity index (χ0v) is 12.4. The number of likely N-dealkylation sites (N-methyl/N-ethyl adjacent to an activating group) is 2. The molecule has 1 N–H and O–H groups in total. The Morgan fingerprint density at radius 1 is 1.50 bits per heavy atom. The molecule has 1 amide bonds. The molecule has 0 aromatic carbocycles. The first kappa shape index (κ1) is 14.7. The Morgan fingerprint density at radius 2 is 2.35 bits per heavy atom. The van der Waals surface area contributed by atoms with Gasteiger partial charge < -0.3 is 9.84 Å².